The van der Waals surface area contributed by atoms with E-state index in [1.165, 1.54) is 5.69 Å². The van der Waals surface area contributed by atoms with Crippen LogP contribution in [0.25, 0.3) is 23.0 Å². The van der Waals surface area contributed by atoms with Gasteiger partial charge in [0.2, 0.25) is 0 Å². The van der Waals surface area contributed by atoms with Crippen molar-refractivity contribution in [1.29, 1.82) is 0 Å². The van der Waals surface area contributed by atoms with Gasteiger partial charge in [0.1, 0.15) is 0 Å². The van der Waals surface area contributed by atoms with Gasteiger partial charge in [0.15, 0.2) is 5.65 Å². The minimum atomic E-state index is -0.390. The van der Waals surface area contributed by atoms with Crippen LogP contribution in [0.4, 0.5) is 10.5 Å². The Bertz CT molecular complexity index is 1230. The number of benzene rings is 1. The molecule has 5 rings (SSSR count). The lowest BCUT2D eigenvalue weighted by Gasteiger charge is -2.36. The number of hydrogen-bond donors (Lipinski definition) is 1. The Morgan fingerprint density at radius 3 is 2.48 bits per heavy atom. The summed E-state index contributed by atoms with van der Waals surface area (Å²) in [6.45, 7) is 9.96. The molecular formula is C24H26N6O2S. The summed E-state index contributed by atoms with van der Waals surface area (Å²) in [5, 5.41) is 6.53. The third kappa shape index (κ3) is 4.65. The third-order valence-electron chi connectivity index (χ3n) is 5.83. The zero-order valence-corrected chi connectivity index (χ0v) is 19.5. The van der Waals surface area contributed by atoms with Crippen LogP contribution >= 0.6 is 11.8 Å². The molecule has 3 aromatic rings. The lowest BCUT2D eigenvalue weighted by atomic mass is 10.1. The number of aromatic nitrogens is 3. The molecule has 2 saturated heterocycles. The predicted molar refractivity (Wildman–Crippen MR) is 131 cm³/mol. The Kier molecular flexibility index (Phi) is 5.90. The summed E-state index contributed by atoms with van der Waals surface area (Å²) in [5.74, 6) is 0.307. The number of imidazole rings is 1. The first-order valence-electron chi connectivity index (χ1n) is 11.1. The second-order valence-electron chi connectivity index (χ2n) is 8.75. The van der Waals surface area contributed by atoms with E-state index in [9.17, 15) is 9.59 Å². The number of nitrogens with one attached hydrogen (secondary N) is 1. The van der Waals surface area contributed by atoms with Gasteiger partial charge in [-0.05, 0) is 48.0 Å². The molecule has 33 heavy (non-hydrogen) atoms. The molecule has 2 aliphatic heterocycles. The van der Waals surface area contributed by atoms with Crippen LogP contribution in [0.1, 0.15) is 19.5 Å². The molecule has 2 aliphatic rings. The van der Waals surface area contributed by atoms with E-state index in [-0.39, 0.29) is 5.24 Å². The summed E-state index contributed by atoms with van der Waals surface area (Å²) >= 11 is 0.883. The first-order chi connectivity index (χ1) is 16.0. The van der Waals surface area contributed by atoms with Crippen LogP contribution in [0.3, 0.4) is 0 Å². The van der Waals surface area contributed by atoms with E-state index < -0.39 is 5.91 Å². The fourth-order valence-corrected chi connectivity index (χ4v) is 4.93. The van der Waals surface area contributed by atoms with E-state index in [1.807, 2.05) is 6.07 Å². The zero-order valence-electron chi connectivity index (χ0n) is 18.7. The second kappa shape index (κ2) is 8.99. The van der Waals surface area contributed by atoms with Crippen LogP contribution in [-0.4, -0.2) is 63.4 Å². The maximum absolute atomic E-state index is 11.8. The van der Waals surface area contributed by atoms with Crippen molar-refractivity contribution in [3.05, 3.63) is 53.2 Å². The normalized spacial score (nSPS) is 18.6. The summed E-state index contributed by atoms with van der Waals surface area (Å²) in [7, 11) is 0. The van der Waals surface area contributed by atoms with Gasteiger partial charge in [0.25, 0.3) is 11.1 Å². The smallest absolute Gasteiger partial charge is 0.290 e. The number of imide groups is 1. The van der Waals surface area contributed by atoms with Crippen molar-refractivity contribution in [3.63, 3.8) is 0 Å². The number of carbonyl (C=O) groups excluding carboxylic acids is 2. The van der Waals surface area contributed by atoms with Gasteiger partial charge in [-0.3, -0.25) is 19.8 Å². The molecule has 0 unspecified atom stereocenters. The van der Waals surface area contributed by atoms with Gasteiger partial charge < -0.3 is 4.90 Å². The van der Waals surface area contributed by atoms with Crippen LogP contribution in [0.15, 0.2) is 47.5 Å². The van der Waals surface area contributed by atoms with Crippen LogP contribution < -0.4 is 10.2 Å². The summed E-state index contributed by atoms with van der Waals surface area (Å²) in [6, 6.07) is 12.2. The molecule has 0 bridgehead atoms. The van der Waals surface area contributed by atoms with Gasteiger partial charge >= 0.3 is 0 Å². The highest BCUT2D eigenvalue weighted by Crippen LogP contribution is 2.27. The topological polar surface area (TPSA) is 82.8 Å². The van der Waals surface area contributed by atoms with Crippen molar-refractivity contribution in [1.82, 2.24) is 24.8 Å². The minimum absolute atomic E-state index is 0.339. The number of anilines is 1. The van der Waals surface area contributed by atoms with E-state index >= 15 is 0 Å². The molecule has 4 heterocycles. The Balaban J connectivity index is 1.35. The van der Waals surface area contributed by atoms with Gasteiger partial charge in [0, 0.05) is 44.0 Å². The largest absolute Gasteiger partial charge is 0.369 e. The molecule has 0 saturated carbocycles. The minimum Gasteiger partial charge on any atom is -0.369 e. The fraction of sp³-hybridized carbons (Fsp3) is 0.333. The maximum atomic E-state index is 11.8. The van der Waals surface area contributed by atoms with Crippen molar-refractivity contribution in [2.24, 2.45) is 5.92 Å². The van der Waals surface area contributed by atoms with Crippen molar-refractivity contribution in [2.45, 2.75) is 13.8 Å². The van der Waals surface area contributed by atoms with E-state index in [2.05, 4.69) is 63.3 Å². The number of amides is 2. The van der Waals surface area contributed by atoms with E-state index in [0.29, 0.717) is 16.5 Å². The highest BCUT2D eigenvalue weighted by atomic mass is 32.2. The third-order valence-corrected chi connectivity index (χ3v) is 6.64. The van der Waals surface area contributed by atoms with E-state index in [1.54, 1.807) is 22.9 Å². The van der Waals surface area contributed by atoms with Crippen molar-refractivity contribution >= 4 is 40.3 Å². The molecular weight excluding hydrogens is 436 g/mol. The molecule has 9 heteroatoms. The van der Waals surface area contributed by atoms with Gasteiger partial charge in [-0.1, -0.05) is 26.0 Å². The van der Waals surface area contributed by atoms with Crippen LogP contribution in [0.5, 0.6) is 0 Å². The standard InChI is InChI=1S/C24H26N6O2S/c1-16(2)15-28-9-11-29(12-10-28)19-6-3-17(4-7-19)20-14-25-22-8-5-18(27-30(20)22)13-21-23(31)26-24(32)33-21/h3-8,13-14,16H,9-12,15H2,1-2H3,(H,26,31,32). The summed E-state index contributed by atoms with van der Waals surface area (Å²) < 4.78 is 1.77. The molecule has 1 aromatic carbocycles. The molecule has 0 radical (unpaired) electrons. The molecule has 8 nitrogen and oxygen atoms in total. The monoisotopic (exact) mass is 462 g/mol. The van der Waals surface area contributed by atoms with Crippen molar-refractivity contribution in [2.75, 3.05) is 37.6 Å². The van der Waals surface area contributed by atoms with Crippen LogP contribution in [0, 0.1) is 5.92 Å². The van der Waals surface area contributed by atoms with Crippen LogP contribution in [0.2, 0.25) is 0 Å². The average molecular weight is 463 g/mol. The lowest BCUT2D eigenvalue weighted by molar-refractivity contribution is -0.115. The fourth-order valence-electron chi connectivity index (χ4n) is 4.26. The summed E-state index contributed by atoms with van der Waals surface area (Å²) in [4.78, 5) is 33.0. The Hall–Kier alpha value is -3.17. The van der Waals surface area contributed by atoms with Crippen LogP contribution in [-0.2, 0) is 4.79 Å². The quantitative estimate of drug-likeness (QED) is 0.581. The van der Waals surface area contributed by atoms with Gasteiger partial charge in [0.05, 0.1) is 22.5 Å². The first-order valence-corrected chi connectivity index (χ1v) is 12.0. The summed E-state index contributed by atoms with van der Waals surface area (Å²) in [5.41, 5.74) is 4.43. The zero-order chi connectivity index (χ0) is 22.9. The molecule has 0 aliphatic carbocycles. The highest BCUT2D eigenvalue weighted by molar-refractivity contribution is 8.18. The lowest BCUT2D eigenvalue weighted by Crippen LogP contribution is -2.47. The predicted octanol–water partition coefficient (Wildman–Crippen LogP) is 3.50. The van der Waals surface area contributed by atoms with Gasteiger partial charge in [-0.2, -0.15) is 5.10 Å². The van der Waals surface area contributed by atoms with Crippen molar-refractivity contribution in [3.8, 4) is 11.3 Å². The Morgan fingerprint density at radius 1 is 1.06 bits per heavy atom. The first kappa shape index (κ1) is 21.7. The number of fused-ring (bicyclic) bond motifs is 1. The molecule has 2 amide bonds. The highest BCUT2D eigenvalue weighted by Gasteiger charge is 2.25. The second-order valence-corrected chi connectivity index (χ2v) is 9.77. The number of rotatable bonds is 5. The van der Waals surface area contributed by atoms with E-state index in [4.69, 9.17) is 0 Å². The number of thioether (sulfide) groups is 1. The molecule has 0 atom stereocenters. The molecule has 170 valence electrons. The molecule has 2 fully saturated rings. The Labute approximate surface area is 196 Å². The number of carbonyl (C=O) groups is 2. The molecule has 1 N–H and O–H groups in total. The van der Waals surface area contributed by atoms with Gasteiger partial charge in [-0.15, -0.1) is 0 Å². The summed E-state index contributed by atoms with van der Waals surface area (Å²) in [6.07, 6.45) is 3.43. The number of nitrogens with zero attached hydrogens (tertiary/aromatic N) is 5. The SMILES string of the molecule is CC(C)CN1CCN(c2ccc(-c3cnc4ccc(C=C5SC(=O)NC5=O)nn34)cc2)CC1. The molecule has 2 aromatic heterocycles. The molecule has 0 spiro atoms. The number of hydrogen-bond acceptors (Lipinski definition) is 7. The average Bonchev–Trinajstić information content (AvgIpc) is 3.36. The number of piperazine rings is 1. The Morgan fingerprint density at radius 2 is 1.82 bits per heavy atom. The maximum Gasteiger partial charge on any atom is 0.290 e. The van der Waals surface area contributed by atoms with Crippen molar-refractivity contribution < 1.29 is 9.59 Å². The van der Waals surface area contributed by atoms with Gasteiger partial charge in [-0.25, -0.2) is 9.50 Å². The van der Waals surface area contributed by atoms with E-state index in [0.717, 1.165) is 61.4 Å².